The van der Waals surface area contributed by atoms with Gasteiger partial charge in [-0.3, -0.25) is 0 Å². The van der Waals surface area contributed by atoms with Gasteiger partial charge in [-0.05, 0) is 59.2 Å². The number of aliphatic imine (C=N–C) groups is 1. The van der Waals surface area contributed by atoms with E-state index in [1.165, 1.54) is 0 Å². The third-order valence-corrected chi connectivity index (χ3v) is 4.04. The first kappa shape index (κ1) is 17.5. The van der Waals surface area contributed by atoms with Gasteiger partial charge in [0.25, 0.3) is 0 Å². The Bertz CT molecular complexity index is 978. The molecule has 4 heteroatoms. The lowest BCUT2D eigenvalue weighted by atomic mass is 10.0. The molecule has 0 saturated carbocycles. The summed E-state index contributed by atoms with van der Waals surface area (Å²) < 4.78 is 0. The summed E-state index contributed by atoms with van der Waals surface area (Å²) in [6.07, 6.45) is 3.68. The fourth-order valence-corrected chi connectivity index (χ4v) is 2.53. The standard InChI is InChI=1S/C22H16ClN3/c23-20-10-12-21(13-11-20)26-22(25)14-5-16-1-6-18(7-2-16)19-8-3-17(15-24)4-9-19/h1-14H,(H2,25,26). The van der Waals surface area contributed by atoms with Crippen LogP contribution in [-0.2, 0) is 0 Å². The zero-order chi connectivity index (χ0) is 18.4. The minimum atomic E-state index is 0.420. The molecule has 0 aliphatic rings. The average Bonchev–Trinajstić information content (AvgIpc) is 2.69. The molecule has 0 saturated heterocycles. The van der Waals surface area contributed by atoms with Crippen LogP contribution in [-0.4, -0.2) is 5.84 Å². The highest BCUT2D eigenvalue weighted by molar-refractivity contribution is 6.30. The summed E-state index contributed by atoms with van der Waals surface area (Å²) in [5.74, 6) is 0.420. The number of halogens is 1. The van der Waals surface area contributed by atoms with Crippen molar-refractivity contribution < 1.29 is 0 Å². The predicted molar refractivity (Wildman–Crippen MR) is 108 cm³/mol. The van der Waals surface area contributed by atoms with Crippen molar-refractivity contribution in [3.8, 4) is 17.2 Å². The molecule has 0 aromatic heterocycles. The number of hydrogen-bond donors (Lipinski definition) is 1. The Hall–Kier alpha value is -3.35. The average molecular weight is 358 g/mol. The monoisotopic (exact) mass is 357 g/mol. The molecule has 3 aromatic rings. The quantitative estimate of drug-likeness (QED) is 0.489. The Kier molecular flexibility index (Phi) is 5.48. The van der Waals surface area contributed by atoms with Crippen LogP contribution in [0.5, 0.6) is 0 Å². The van der Waals surface area contributed by atoms with Crippen molar-refractivity contribution in [3.05, 3.63) is 95.0 Å². The van der Waals surface area contributed by atoms with E-state index in [4.69, 9.17) is 22.6 Å². The maximum absolute atomic E-state index is 8.86. The molecule has 0 atom stereocenters. The molecule has 0 fully saturated rings. The number of nitrogens with two attached hydrogens (primary N) is 1. The van der Waals surface area contributed by atoms with Gasteiger partial charge < -0.3 is 5.73 Å². The topological polar surface area (TPSA) is 62.2 Å². The van der Waals surface area contributed by atoms with Crippen molar-refractivity contribution in [2.24, 2.45) is 10.7 Å². The van der Waals surface area contributed by atoms with Crippen LogP contribution in [0.25, 0.3) is 17.2 Å². The van der Waals surface area contributed by atoms with Gasteiger partial charge in [0.2, 0.25) is 0 Å². The van der Waals surface area contributed by atoms with Crippen molar-refractivity contribution in [1.29, 1.82) is 5.26 Å². The van der Waals surface area contributed by atoms with E-state index in [-0.39, 0.29) is 0 Å². The summed E-state index contributed by atoms with van der Waals surface area (Å²) >= 11 is 5.85. The molecule has 2 N–H and O–H groups in total. The number of hydrogen-bond acceptors (Lipinski definition) is 2. The maximum atomic E-state index is 8.86. The van der Waals surface area contributed by atoms with Gasteiger partial charge in [0, 0.05) is 5.02 Å². The van der Waals surface area contributed by atoms with Crippen LogP contribution in [0.3, 0.4) is 0 Å². The molecule has 3 nitrogen and oxygen atoms in total. The fraction of sp³-hybridized carbons (Fsp3) is 0. The highest BCUT2D eigenvalue weighted by Crippen LogP contribution is 2.21. The van der Waals surface area contributed by atoms with Gasteiger partial charge in [0.1, 0.15) is 5.84 Å². The van der Waals surface area contributed by atoms with Crippen molar-refractivity contribution in [3.63, 3.8) is 0 Å². The van der Waals surface area contributed by atoms with Crippen LogP contribution >= 0.6 is 11.6 Å². The van der Waals surface area contributed by atoms with Gasteiger partial charge in [-0.2, -0.15) is 5.26 Å². The number of nitriles is 1. The smallest absolute Gasteiger partial charge is 0.124 e. The first-order chi connectivity index (χ1) is 12.6. The largest absolute Gasteiger partial charge is 0.384 e. The van der Waals surface area contributed by atoms with Crippen LogP contribution in [0.4, 0.5) is 5.69 Å². The second kappa shape index (κ2) is 8.15. The van der Waals surface area contributed by atoms with Gasteiger partial charge in [0.05, 0.1) is 17.3 Å². The maximum Gasteiger partial charge on any atom is 0.124 e. The van der Waals surface area contributed by atoms with E-state index in [1.807, 2.05) is 66.7 Å². The van der Waals surface area contributed by atoms with Gasteiger partial charge in [-0.1, -0.05) is 54.1 Å². The number of benzene rings is 3. The second-order valence-corrected chi connectivity index (χ2v) is 6.09. The molecule has 0 unspecified atom stereocenters. The number of rotatable bonds is 4. The molecule has 0 aliphatic carbocycles. The Morgan fingerprint density at radius 1 is 0.885 bits per heavy atom. The minimum Gasteiger partial charge on any atom is -0.384 e. The minimum absolute atomic E-state index is 0.420. The Morgan fingerprint density at radius 3 is 2.04 bits per heavy atom. The molecule has 3 rings (SSSR count). The number of nitrogens with zero attached hydrogens (tertiary/aromatic N) is 2. The summed E-state index contributed by atoms with van der Waals surface area (Å²) in [5.41, 5.74) is 10.5. The third kappa shape index (κ3) is 4.60. The molecule has 0 amide bonds. The molecule has 3 aromatic carbocycles. The van der Waals surface area contributed by atoms with Gasteiger partial charge >= 0.3 is 0 Å². The van der Waals surface area contributed by atoms with E-state index in [0.717, 1.165) is 22.4 Å². The predicted octanol–water partition coefficient (Wildman–Crippen LogP) is 5.58. The SMILES string of the molecule is N#Cc1ccc(-c2ccc(C=CC(N)=Nc3ccc(Cl)cc3)cc2)cc1. The third-order valence-electron chi connectivity index (χ3n) is 3.79. The first-order valence-corrected chi connectivity index (χ1v) is 8.40. The van der Waals surface area contributed by atoms with Gasteiger partial charge in [-0.15, -0.1) is 0 Å². The van der Waals surface area contributed by atoms with E-state index in [9.17, 15) is 0 Å². The van der Waals surface area contributed by atoms with Crippen molar-refractivity contribution >= 4 is 29.2 Å². The Morgan fingerprint density at radius 2 is 1.46 bits per heavy atom. The Balaban J connectivity index is 1.71. The Labute approximate surface area is 157 Å². The van der Waals surface area contributed by atoms with E-state index in [2.05, 4.69) is 11.1 Å². The van der Waals surface area contributed by atoms with Crippen LogP contribution < -0.4 is 5.73 Å². The lowest BCUT2D eigenvalue weighted by Gasteiger charge is -2.02. The van der Waals surface area contributed by atoms with Crippen LogP contribution in [0.1, 0.15) is 11.1 Å². The van der Waals surface area contributed by atoms with E-state index < -0.39 is 0 Å². The summed E-state index contributed by atoms with van der Waals surface area (Å²) in [6.45, 7) is 0. The summed E-state index contributed by atoms with van der Waals surface area (Å²) in [4.78, 5) is 4.32. The van der Waals surface area contributed by atoms with Crippen molar-refractivity contribution in [1.82, 2.24) is 0 Å². The summed E-state index contributed by atoms with van der Waals surface area (Å²) in [6, 6.07) is 24.9. The molecule has 0 spiro atoms. The molecule has 26 heavy (non-hydrogen) atoms. The summed E-state index contributed by atoms with van der Waals surface area (Å²) in [7, 11) is 0. The van der Waals surface area contributed by atoms with Crippen LogP contribution in [0.15, 0.2) is 83.9 Å². The first-order valence-electron chi connectivity index (χ1n) is 8.02. The second-order valence-electron chi connectivity index (χ2n) is 5.66. The molecular formula is C22H16ClN3. The molecule has 0 radical (unpaired) electrons. The van der Waals surface area contributed by atoms with E-state index >= 15 is 0 Å². The molecule has 0 aliphatic heterocycles. The zero-order valence-electron chi connectivity index (χ0n) is 13.9. The van der Waals surface area contributed by atoms with Gasteiger partial charge in [-0.25, -0.2) is 4.99 Å². The summed E-state index contributed by atoms with van der Waals surface area (Å²) in [5, 5.41) is 9.53. The van der Waals surface area contributed by atoms with Crippen molar-refractivity contribution in [2.75, 3.05) is 0 Å². The highest BCUT2D eigenvalue weighted by atomic mass is 35.5. The van der Waals surface area contributed by atoms with Gasteiger partial charge in [0.15, 0.2) is 0 Å². The zero-order valence-corrected chi connectivity index (χ0v) is 14.7. The lowest BCUT2D eigenvalue weighted by Crippen LogP contribution is -2.06. The van der Waals surface area contributed by atoms with Crippen LogP contribution in [0, 0.1) is 11.3 Å². The fourth-order valence-electron chi connectivity index (χ4n) is 2.41. The molecule has 0 heterocycles. The number of amidine groups is 1. The highest BCUT2D eigenvalue weighted by Gasteiger charge is 1.98. The van der Waals surface area contributed by atoms with Crippen LogP contribution in [0.2, 0.25) is 5.02 Å². The molecule has 0 bridgehead atoms. The van der Waals surface area contributed by atoms with E-state index in [1.54, 1.807) is 18.2 Å². The van der Waals surface area contributed by atoms with Crippen molar-refractivity contribution in [2.45, 2.75) is 0 Å². The molecule has 126 valence electrons. The molecular weight excluding hydrogens is 342 g/mol. The lowest BCUT2D eigenvalue weighted by molar-refractivity contribution is 1.48. The van der Waals surface area contributed by atoms with E-state index in [0.29, 0.717) is 16.4 Å². The normalized spacial score (nSPS) is 11.5.